The van der Waals surface area contributed by atoms with Crippen molar-refractivity contribution in [2.75, 3.05) is 14.1 Å². The average molecular weight is 640 g/mol. The predicted octanol–water partition coefficient (Wildman–Crippen LogP) is 6.53. The van der Waals surface area contributed by atoms with Crippen molar-refractivity contribution in [2.45, 2.75) is 44.3 Å². The monoisotopic (exact) mass is 639 g/mol. The number of fused-ring (bicyclic) bond motifs is 1. The highest BCUT2D eigenvalue weighted by Gasteiger charge is 2.26. The maximum atomic E-state index is 14.3. The van der Waals surface area contributed by atoms with Crippen LogP contribution >= 0.6 is 11.3 Å². The van der Waals surface area contributed by atoms with Gasteiger partial charge in [0.2, 0.25) is 5.88 Å². The van der Waals surface area contributed by atoms with E-state index >= 15 is 0 Å². The van der Waals surface area contributed by atoms with Gasteiger partial charge in [-0.15, -0.1) is 11.3 Å². The van der Waals surface area contributed by atoms with E-state index in [4.69, 9.17) is 4.74 Å². The molecule has 0 aliphatic heterocycles. The summed E-state index contributed by atoms with van der Waals surface area (Å²) in [4.78, 5) is 36.7. The quantitative estimate of drug-likeness (QED) is 0.168. The molecule has 6 rings (SSSR count). The summed E-state index contributed by atoms with van der Waals surface area (Å²) in [6.45, 7) is 0.621. The number of benzene rings is 3. The average Bonchev–Trinajstić information content (AvgIpc) is 3.48. The minimum atomic E-state index is -0.648. The second-order valence-corrected chi connectivity index (χ2v) is 12.7. The van der Waals surface area contributed by atoms with Crippen LogP contribution < -0.4 is 15.4 Å². The van der Waals surface area contributed by atoms with Gasteiger partial charge in [-0.1, -0.05) is 30.3 Å². The number of hydrogen-bond donors (Lipinski definition) is 3. The number of carbonyl (C=O) groups is 2. The Morgan fingerprint density at radius 3 is 2.43 bits per heavy atom. The normalized spacial score (nSPS) is 16.3. The predicted molar refractivity (Wildman–Crippen MR) is 176 cm³/mol. The number of carbonyl (C=O) groups excluding carboxylic acids is 2. The largest absolute Gasteiger partial charge is 0.508 e. The molecule has 0 radical (unpaired) electrons. The van der Waals surface area contributed by atoms with E-state index in [1.165, 1.54) is 11.3 Å². The second kappa shape index (κ2) is 13.6. The molecule has 1 saturated carbocycles. The van der Waals surface area contributed by atoms with Crippen LogP contribution in [0.25, 0.3) is 21.3 Å². The van der Waals surface area contributed by atoms with E-state index in [0.717, 1.165) is 39.2 Å². The number of phenols is 1. The molecule has 3 aromatic carbocycles. The van der Waals surface area contributed by atoms with Crippen molar-refractivity contribution >= 4 is 33.4 Å². The van der Waals surface area contributed by atoms with E-state index in [2.05, 4.69) is 20.6 Å². The number of nitrogens with one attached hydrogen (secondary N) is 2. The Labute approximate surface area is 270 Å². The third kappa shape index (κ3) is 7.32. The van der Waals surface area contributed by atoms with Crippen LogP contribution in [0.4, 0.5) is 4.39 Å². The van der Waals surface area contributed by atoms with Crippen molar-refractivity contribution < 1.29 is 23.8 Å². The molecule has 46 heavy (non-hydrogen) atoms. The van der Waals surface area contributed by atoms with E-state index in [0.29, 0.717) is 43.0 Å². The Morgan fingerprint density at radius 1 is 0.957 bits per heavy atom. The summed E-state index contributed by atoms with van der Waals surface area (Å²) in [5.41, 5.74) is 3.52. The number of ether oxygens (including phenoxy) is 1. The van der Waals surface area contributed by atoms with Gasteiger partial charge in [0.1, 0.15) is 22.9 Å². The van der Waals surface area contributed by atoms with Gasteiger partial charge in [-0.2, -0.15) is 0 Å². The fourth-order valence-corrected chi connectivity index (χ4v) is 6.57. The van der Waals surface area contributed by atoms with Gasteiger partial charge >= 0.3 is 0 Å². The topological polar surface area (TPSA) is 117 Å². The van der Waals surface area contributed by atoms with E-state index < -0.39 is 11.7 Å². The Balaban J connectivity index is 1.10. The molecule has 2 amide bonds. The summed E-state index contributed by atoms with van der Waals surface area (Å²) in [5, 5.41) is 16.6. The lowest BCUT2D eigenvalue weighted by atomic mass is 9.91. The van der Waals surface area contributed by atoms with Gasteiger partial charge in [-0.3, -0.25) is 9.59 Å². The SMILES string of the molecule is CN(C)Cc1cc(O)ccc1-c1cccc(Oc2ncc(F)cc2C(=O)N[C@H]2CC[C@H](NC(=O)c3nc4ccccc4s3)CC2)c1. The van der Waals surface area contributed by atoms with Crippen LogP contribution in [-0.2, 0) is 6.54 Å². The molecule has 1 aliphatic carbocycles. The third-order valence-corrected chi connectivity index (χ3v) is 8.92. The minimum Gasteiger partial charge on any atom is -0.508 e. The fourth-order valence-electron chi connectivity index (χ4n) is 5.70. The van der Waals surface area contributed by atoms with Crippen LogP contribution in [0.15, 0.2) is 79.0 Å². The van der Waals surface area contributed by atoms with Crippen LogP contribution in [0.3, 0.4) is 0 Å². The molecule has 3 N–H and O–H groups in total. The molecule has 0 spiro atoms. The summed E-state index contributed by atoms with van der Waals surface area (Å²) in [6.07, 6.45) is 3.70. The Hall–Kier alpha value is -4.87. The van der Waals surface area contributed by atoms with Crippen molar-refractivity contribution in [3.63, 3.8) is 0 Å². The highest BCUT2D eigenvalue weighted by Crippen LogP contribution is 2.32. The lowest BCUT2D eigenvalue weighted by Gasteiger charge is -2.29. The van der Waals surface area contributed by atoms with Crippen LogP contribution in [0.5, 0.6) is 17.4 Å². The number of aromatic hydroxyl groups is 1. The number of pyridine rings is 1. The van der Waals surface area contributed by atoms with Crippen molar-refractivity contribution in [3.8, 4) is 28.5 Å². The number of para-hydroxylation sites is 1. The van der Waals surface area contributed by atoms with Gasteiger partial charge in [0.15, 0.2) is 5.01 Å². The lowest BCUT2D eigenvalue weighted by Crippen LogP contribution is -2.43. The van der Waals surface area contributed by atoms with E-state index in [9.17, 15) is 19.1 Å². The van der Waals surface area contributed by atoms with Gasteiger partial charge in [0.05, 0.1) is 16.4 Å². The first-order valence-electron chi connectivity index (χ1n) is 15.1. The first-order valence-corrected chi connectivity index (χ1v) is 15.9. The Bertz CT molecular complexity index is 1850. The summed E-state index contributed by atoms with van der Waals surface area (Å²) in [7, 11) is 3.91. The molecule has 1 aliphatic rings. The number of nitrogens with zero attached hydrogens (tertiary/aromatic N) is 3. The number of aromatic nitrogens is 2. The highest BCUT2D eigenvalue weighted by atomic mass is 32.1. The Kier molecular flexibility index (Phi) is 9.23. The molecular formula is C35H34FN5O4S. The molecule has 2 aromatic heterocycles. The van der Waals surface area contributed by atoms with Gasteiger partial charge in [0.25, 0.3) is 11.8 Å². The first kappa shape index (κ1) is 31.1. The second-order valence-electron chi connectivity index (χ2n) is 11.7. The van der Waals surface area contributed by atoms with E-state index in [1.807, 2.05) is 67.5 Å². The highest BCUT2D eigenvalue weighted by molar-refractivity contribution is 7.20. The van der Waals surface area contributed by atoms with Crippen LogP contribution in [0.1, 0.15) is 51.4 Å². The summed E-state index contributed by atoms with van der Waals surface area (Å²) < 4.78 is 21.3. The van der Waals surface area contributed by atoms with Crippen molar-refractivity contribution in [2.24, 2.45) is 0 Å². The van der Waals surface area contributed by atoms with Crippen LogP contribution in [0.2, 0.25) is 0 Å². The van der Waals surface area contributed by atoms with Crippen LogP contribution in [0, 0.1) is 5.82 Å². The van der Waals surface area contributed by atoms with Crippen molar-refractivity contribution in [3.05, 3.63) is 101 Å². The zero-order chi connectivity index (χ0) is 32.2. The van der Waals surface area contributed by atoms with Crippen molar-refractivity contribution in [1.29, 1.82) is 0 Å². The van der Waals surface area contributed by atoms with Gasteiger partial charge in [0, 0.05) is 18.6 Å². The lowest BCUT2D eigenvalue weighted by molar-refractivity contribution is 0.0890. The summed E-state index contributed by atoms with van der Waals surface area (Å²) in [6, 6.07) is 21.1. The molecule has 9 nitrogen and oxygen atoms in total. The first-order chi connectivity index (χ1) is 22.2. The van der Waals surface area contributed by atoms with Gasteiger partial charge in [-0.25, -0.2) is 14.4 Å². The summed E-state index contributed by atoms with van der Waals surface area (Å²) >= 11 is 1.37. The zero-order valence-corrected chi connectivity index (χ0v) is 26.3. The molecule has 0 saturated heterocycles. The molecule has 1 fully saturated rings. The molecule has 236 valence electrons. The van der Waals surface area contributed by atoms with Gasteiger partial charge in [-0.05, 0) is 98.9 Å². The Morgan fingerprint density at radius 2 is 1.70 bits per heavy atom. The molecule has 0 bridgehead atoms. The number of phenolic OH excluding ortho intramolecular Hbond substituents is 1. The molecule has 0 unspecified atom stereocenters. The fraction of sp³-hybridized carbons (Fsp3) is 0.257. The number of amides is 2. The van der Waals surface area contributed by atoms with E-state index in [-0.39, 0.29) is 35.2 Å². The third-order valence-electron chi connectivity index (χ3n) is 7.88. The molecule has 0 atom stereocenters. The molecule has 2 heterocycles. The van der Waals surface area contributed by atoms with Gasteiger partial charge < -0.3 is 25.4 Å². The standard InChI is InChI=1S/C35H34FN5O4S/c1-41(2)20-22-16-26(42)14-15-28(22)21-6-5-7-27(17-21)45-34-29(18-23(36)19-37-34)32(43)38-24-10-12-25(13-11-24)39-33(44)35-40-30-8-3-4-9-31(30)46-35/h3-9,14-19,24-25,42H,10-13,20H2,1-2H3,(H,38,43)(H,39,44)/t24-,25-. The van der Waals surface area contributed by atoms with Crippen molar-refractivity contribution in [1.82, 2.24) is 25.5 Å². The summed E-state index contributed by atoms with van der Waals surface area (Å²) in [5.74, 6) is -0.714. The molecule has 11 heteroatoms. The minimum absolute atomic E-state index is 0.00500. The molecular weight excluding hydrogens is 605 g/mol. The molecule has 5 aromatic rings. The number of thiazole rings is 1. The maximum absolute atomic E-state index is 14.3. The number of halogens is 1. The zero-order valence-electron chi connectivity index (χ0n) is 25.5. The maximum Gasteiger partial charge on any atom is 0.280 e. The smallest absolute Gasteiger partial charge is 0.280 e. The van der Waals surface area contributed by atoms with E-state index in [1.54, 1.807) is 18.2 Å². The number of hydrogen-bond acceptors (Lipinski definition) is 8. The number of rotatable bonds is 9. The van der Waals surface area contributed by atoms with Crippen LogP contribution in [-0.4, -0.2) is 58.0 Å².